The Balaban J connectivity index is 0. The standard InChI is InChI=1S/C12H28N.HI/c1-6-9-13(5,10-7-2)11-12(4)8-3;/h12H,6-11H2,1-5H3;1H/q+1;/p-1. The molecule has 0 N–H and O–H groups in total. The lowest BCUT2D eigenvalue weighted by Crippen LogP contribution is -3.00. The van der Waals surface area contributed by atoms with Crippen molar-refractivity contribution >= 4 is 0 Å². The van der Waals surface area contributed by atoms with E-state index in [1.165, 1.54) is 43.4 Å². The van der Waals surface area contributed by atoms with Gasteiger partial charge in [0, 0.05) is 5.92 Å². The third-order valence-corrected chi connectivity index (χ3v) is 2.98. The van der Waals surface area contributed by atoms with Gasteiger partial charge in [0.05, 0.1) is 26.7 Å². The van der Waals surface area contributed by atoms with Gasteiger partial charge >= 0.3 is 0 Å². The summed E-state index contributed by atoms with van der Waals surface area (Å²) >= 11 is 0. The first-order chi connectivity index (χ1) is 6.08. The zero-order valence-electron chi connectivity index (χ0n) is 10.6. The molecular formula is C12H28IN. The van der Waals surface area contributed by atoms with Crippen molar-refractivity contribution < 1.29 is 28.5 Å². The van der Waals surface area contributed by atoms with Crippen LogP contribution in [0.4, 0.5) is 0 Å². The zero-order valence-corrected chi connectivity index (χ0v) is 12.8. The van der Waals surface area contributed by atoms with Crippen LogP contribution in [0.2, 0.25) is 0 Å². The summed E-state index contributed by atoms with van der Waals surface area (Å²) in [7, 11) is 2.42. The molecule has 0 amide bonds. The molecule has 0 bridgehead atoms. The van der Waals surface area contributed by atoms with Crippen molar-refractivity contribution in [2.75, 3.05) is 26.7 Å². The van der Waals surface area contributed by atoms with E-state index in [1.807, 2.05) is 0 Å². The van der Waals surface area contributed by atoms with Gasteiger partial charge < -0.3 is 28.5 Å². The average Bonchev–Trinajstić information content (AvgIpc) is 2.04. The molecule has 0 saturated carbocycles. The zero-order chi connectivity index (χ0) is 10.3. The molecule has 0 spiro atoms. The maximum Gasteiger partial charge on any atom is 0.0810 e. The minimum absolute atomic E-state index is 0. The highest BCUT2D eigenvalue weighted by Crippen LogP contribution is 2.12. The Bertz CT molecular complexity index is 119. The van der Waals surface area contributed by atoms with Gasteiger partial charge in [0.25, 0.3) is 0 Å². The molecule has 0 radical (unpaired) electrons. The first kappa shape index (κ1) is 17.1. The van der Waals surface area contributed by atoms with E-state index in [0.717, 1.165) is 5.92 Å². The third kappa shape index (κ3) is 7.04. The lowest BCUT2D eigenvalue weighted by atomic mass is 10.1. The van der Waals surface area contributed by atoms with Crippen LogP contribution in [-0.2, 0) is 0 Å². The van der Waals surface area contributed by atoms with Crippen molar-refractivity contribution in [3.8, 4) is 0 Å². The molecule has 0 aromatic carbocycles. The smallest absolute Gasteiger partial charge is 0.0810 e. The second-order valence-electron chi connectivity index (χ2n) is 4.76. The van der Waals surface area contributed by atoms with Crippen LogP contribution in [0.15, 0.2) is 0 Å². The quantitative estimate of drug-likeness (QED) is 0.469. The number of rotatable bonds is 7. The van der Waals surface area contributed by atoms with Gasteiger partial charge in [-0.15, -0.1) is 0 Å². The van der Waals surface area contributed by atoms with E-state index in [-0.39, 0.29) is 24.0 Å². The van der Waals surface area contributed by atoms with Crippen molar-refractivity contribution in [1.82, 2.24) is 0 Å². The Morgan fingerprint density at radius 2 is 1.43 bits per heavy atom. The van der Waals surface area contributed by atoms with Crippen LogP contribution < -0.4 is 24.0 Å². The highest BCUT2D eigenvalue weighted by atomic mass is 127. The molecule has 0 heterocycles. The summed E-state index contributed by atoms with van der Waals surface area (Å²) in [5.41, 5.74) is 0. The molecular weight excluding hydrogens is 285 g/mol. The van der Waals surface area contributed by atoms with Gasteiger partial charge in [-0.2, -0.15) is 0 Å². The average molecular weight is 313 g/mol. The molecule has 0 fully saturated rings. The van der Waals surface area contributed by atoms with Gasteiger partial charge in [0.15, 0.2) is 0 Å². The van der Waals surface area contributed by atoms with Crippen LogP contribution in [0.5, 0.6) is 0 Å². The molecule has 0 aromatic rings. The van der Waals surface area contributed by atoms with Crippen molar-refractivity contribution in [2.24, 2.45) is 5.92 Å². The maximum absolute atomic E-state index is 2.42. The topological polar surface area (TPSA) is 0 Å². The molecule has 0 aromatic heterocycles. The molecule has 1 nitrogen and oxygen atoms in total. The summed E-state index contributed by atoms with van der Waals surface area (Å²) in [5.74, 6) is 0.878. The summed E-state index contributed by atoms with van der Waals surface area (Å²) in [4.78, 5) is 0. The Kier molecular flexibility index (Phi) is 10.9. The van der Waals surface area contributed by atoms with E-state index in [4.69, 9.17) is 0 Å². The van der Waals surface area contributed by atoms with Crippen LogP contribution in [0.25, 0.3) is 0 Å². The first-order valence-electron chi connectivity index (χ1n) is 5.91. The van der Waals surface area contributed by atoms with E-state index in [0.29, 0.717) is 0 Å². The minimum Gasteiger partial charge on any atom is -1.00 e. The molecule has 0 rings (SSSR count). The lowest BCUT2D eigenvalue weighted by Gasteiger charge is -2.36. The maximum atomic E-state index is 2.42. The highest BCUT2D eigenvalue weighted by molar-refractivity contribution is 4.49. The molecule has 2 heteroatoms. The molecule has 1 atom stereocenters. The first-order valence-corrected chi connectivity index (χ1v) is 5.91. The van der Waals surface area contributed by atoms with Crippen LogP contribution >= 0.6 is 0 Å². The second kappa shape index (κ2) is 8.96. The van der Waals surface area contributed by atoms with E-state index in [2.05, 4.69) is 34.7 Å². The second-order valence-corrected chi connectivity index (χ2v) is 4.76. The molecule has 0 aliphatic heterocycles. The fraction of sp³-hybridized carbons (Fsp3) is 1.00. The van der Waals surface area contributed by atoms with Crippen molar-refractivity contribution in [3.63, 3.8) is 0 Å². The predicted molar refractivity (Wildman–Crippen MR) is 60.8 cm³/mol. The molecule has 88 valence electrons. The summed E-state index contributed by atoms with van der Waals surface area (Å²) in [6.45, 7) is 13.3. The normalized spacial score (nSPS) is 13.5. The molecule has 0 aliphatic carbocycles. The van der Waals surface area contributed by atoms with Crippen molar-refractivity contribution in [3.05, 3.63) is 0 Å². The van der Waals surface area contributed by atoms with Crippen LogP contribution in [0.1, 0.15) is 47.0 Å². The Morgan fingerprint density at radius 3 is 1.71 bits per heavy atom. The van der Waals surface area contributed by atoms with E-state index in [9.17, 15) is 0 Å². The van der Waals surface area contributed by atoms with Crippen LogP contribution in [0.3, 0.4) is 0 Å². The largest absolute Gasteiger partial charge is 1.00 e. The van der Waals surface area contributed by atoms with Gasteiger partial charge in [-0.05, 0) is 19.3 Å². The fourth-order valence-corrected chi connectivity index (χ4v) is 2.26. The number of quaternary nitrogens is 1. The lowest BCUT2D eigenvalue weighted by molar-refractivity contribution is -0.912. The van der Waals surface area contributed by atoms with Crippen LogP contribution in [-0.4, -0.2) is 31.2 Å². The summed E-state index contributed by atoms with van der Waals surface area (Å²) in [6.07, 6.45) is 3.95. The third-order valence-electron chi connectivity index (χ3n) is 2.98. The van der Waals surface area contributed by atoms with Crippen molar-refractivity contribution in [1.29, 1.82) is 0 Å². The van der Waals surface area contributed by atoms with Gasteiger partial charge in [-0.1, -0.05) is 27.7 Å². The summed E-state index contributed by atoms with van der Waals surface area (Å²) in [6, 6.07) is 0. The van der Waals surface area contributed by atoms with Crippen LogP contribution in [0, 0.1) is 5.92 Å². The Morgan fingerprint density at radius 1 is 1.00 bits per heavy atom. The van der Waals surface area contributed by atoms with Gasteiger partial charge in [-0.25, -0.2) is 0 Å². The van der Waals surface area contributed by atoms with E-state index >= 15 is 0 Å². The molecule has 14 heavy (non-hydrogen) atoms. The summed E-state index contributed by atoms with van der Waals surface area (Å²) < 4.78 is 1.28. The molecule has 1 unspecified atom stereocenters. The Labute approximate surface area is 108 Å². The summed E-state index contributed by atoms with van der Waals surface area (Å²) in [5, 5.41) is 0. The fourth-order valence-electron chi connectivity index (χ4n) is 2.26. The van der Waals surface area contributed by atoms with E-state index in [1.54, 1.807) is 0 Å². The number of nitrogens with zero attached hydrogens (tertiary/aromatic N) is 1. The number of hydrogen-bond donors (Lipinski definition) is 0. The van der Waals surface area contributed by atoms with Gasteiger partial charge in [-0.3, -0.25) is 0 Å². The van der Waals surface area contributed by atoms with E-state index < -0.39 is 0 Å². The number of hydrogen-bond acceptors (Lipinski definition) is 0. The molecule has 0 saturated heterocycles. The Hall–Kier alpha value is 0.690. The monoisotopic (exact) mass is 313 g/mol. The number of halogens is 1. The minimum atomic E-state index is 0. The van der Waals surface area contributed by atoms with Crippen molar-refractivity contribution in [2.45, 2.75) is 47.0 Å². The molecule has 0 aliphatic rings. The predicted octanol–water partition coefficient (Wildman–Crippen LogP) is 0.303. The van der Waals surface area contributed by atoms with Gasteiger partial charge in [0.1, 0.15) is 0 Å². The highest BCUT2D eigenvalue weighted by Gasteiger charge is 2.21. The van der Waals surface area contributed by atoms with Gasteiger partial charge in [0.2, 0.25) is 0 Å². The SMILES string of the molecule is CCC[N+](C)(CCC)CC(C)CC.[I-].